The largest absolute Gasteiger partial charge is 0.491 e. The summed E-state index contributed by atoms with van der Waals surface area (Å²) < 4.78 is 36.3. The van der Waals surface area contributed by atoms with Crippen molar-refractivity contribution in [1.29, 1.82) is 5.26 Å². The van der Waals surface area contributed by atoms with Gasteiger partial charge < -0.3 is 34.7 Å². The monoisotopic (exact) mass is 602 g/mol. The summed E-state index contributed by atoms with van der Waals surface area (Å²) in [7, 11) is -2.87. The molecule has 42 heavy (non-hydrogen) atoms. The first-order valence-electron chi connectivity index (χ1n) is 13.5. The zero-order chi connectivity index (χ0) is 30.4. The molecular weight excluding hydrogens is 567 g/mol. The van der Waals surface area contributed by atoms with Crippen molar-refractivity contribution in [3.05, 3.63) is 48.4 Å². The van der Waals surface area contributed by atoms with Crippen LogP contribution in [0.15, 0.2) is 42.7 Å². The van der Waals surface area contributed by atoms with E-state index in [9.17, 15) is 24.8 Å². The summed E-state index contributed by atoms with van der Waals surface area (Å²) in [6.07, 6.45) is -1.20. The smallest absolute Gasteiger partial charge is 0.323 e. The third kappa shape index (κ3) is 6.51. The third-order valence-corrected chi connectivity index (χ3v) is 8.31. The molecule has 3 aromatic rings. The number of hydrogen-bond acceptors (Lipinski definition) is 12. The Morgan fingerprint density at radius 2 is 2.02 bits per heavy atom. The highest BCUT2D eigenvalue weighted by Gasteiger charge is 2.57. The summed E-state index contributed by atoms with van der Waals surface area (Å²) in [6, 6.07) is 10.5. The number of rotatable bonds is 13. The molecule has 0 radical (unpaired) electrons. The van der Waals surface area contributed by atoms with Crippen LogP contribution in [0.4, 0.5) is 5.82 Å². The van der Waals surface area contributed by atoms with Gasteiger partial charge in [-0.3, -0.25) is 9.36 Å². The lowest BCUT2D eigenvalue weighted by Gasteiger charge is -2.24. The molecule has 15 heteroatoms. The van der Waals surface area contributed by atoms with Crippen LogP contribution in [-0.2, 0) is 24.4 Å². The van der Waals surface area contributed by atoms with E-state index >= 15 is 0 Å². The number of anilines is 1. The van der Waals surface area contributed by atoms with Crippen LogP contribution in [0.3, 0.4) is 0 Å². The van der Waals surface area contributed by atoms with Crippen molar-refractivity contribution in [2.45, 2.75) is 63.6 Å². The number of nitrogens with one attached hydrogen (secondary N) is 1. The minimum absolute atomic E-state index is 0.170. The van der Waals surface area contributed by atoms with E-state index in [1.54, 1.807) is 31.2 Å². The van der Waals surface area contributed by atoms with Gasteiger partial charge in [-0.2, -0.15) is 10.4 Å². The van der Waals surface area contributed by atoms with Gasteiger partial charge in [0.05, 0.1) is 12.3 Å². The average molecular weight is 603 g/mol. The molecule has 1 aliphatic heterocycles. The first kappa shape index (κ1) is 31.2. The van der Waals surface area contributed by atoms with Crippen LogP contribution in [-0.4, -0.2) is 68.3 Å². The summed E-state index contributed by atoms with van der Waals surface area (Å²) in [5.74, 6) is 0.417. The number of nitrogens with two attached hydrogens (primary N) is 1. The van der Waals surface area contributed by atoms with Crippen molar-refractivity contribution in [3.63, 3.8) is 0 Å². The first-order chi connectivity index (χ1) is 20.1. The van der Waals surface area contributed by atoms with E-state index in [0.717, 1.165) is 12.8 Å². The van der Waals surface area contributed by atoms with Crippen LogP contribution < -0.4 is 20.1 Å². The van der Waals surface area contributed by atoms with E-state index in [0.29, 0.717) is 12.1 Å². The number of nitrogen functional groups attached to an aromatic ring is 1. The van der Waals surface area contributed by atoms with Gasteiger partial charge in [-0.05, 0) is 37.1 Å². The molecule has 1 saturated heterocycles. The second kappa shape index (κ2) is 13.5. The summed E-state index contributed by atoms with van der Waals surface area (Å²) >= 11 is 0. The molecule has 0 spiro atoms. The van der Waals surface area contributed by atoms with Gasteiger partial charge >= 0.3 is 14.1 Å². The second-order valence-electron chi connectivity index (χ2n) is 9.95. The molecule has 226 valence electrons. The Labute approximate surface area is 243 Å². The number of carbonyl (C=O) groups is 1. The van der Waals surface area contributed by atoms with Gasteiger partial charge in [-0.25, -0.2) is 14.6 Å². The number of benzene rings is 1. The molecule has 4 rings (SSSR count). The second-order valence-corrected chi connectivity index (χ2v) is 11.0. The maximum Gasteiger partial charge on any atom is 0.323 e. The van der Waals surface area contributed by atoms with Gasteiger partial charge in [0, 0.05) is 6.07 Å². The predicted molar refractivity (Wildman–Crippen MR) is 151 cm³/mol. The number of aromatic nitrogens is 3. The van der Waals surface area contributed by atoms with Gasteiger partial charge in [0.15, 0.2) is 5.82 Å². The van der Waals surface area contributed by atoms with Crippen LogP contribution in [0.5, 0.6) is 11.5 Å². The number of esters is 1. The van der Waals surface area contributed by atoms with Crippen molar-refractivity contribution < 1.29 is 38.3 Å². The van der Waals surface area contributed by atoms with Gasteiger partial charge in [-0.1, -0.05) is 32.8 Å². The highest BCUT2D eigenvalue weighted by atomic mass is 31.1. The molecule has 1 unspecified atom stereocenters. The van der Waals surface area contributed by atoms with Gasteiger partial charge in [0.1, 0.15) is 60.4 Å². The lowest BCUT2D eigenvalue weighted by atomic mass is 9.92. The Kier molecular flexibility index (Phi) is 10.0. The maximum atomic E-state index is 12.5. The quantitative estimate of drug-likeness (QED) is 0.163. The Hall–Kier alpha value is -3.73. The van der Waals surface area contributed by atoms with Crippen molar-refractivity contribution in [2.75, 3.05) is 18.9 Å². The normalized spacial score (nSPS) is 23.4. The summed E-state index contributed by atoms with van der Waals surface area (Å²) in [4.78, 5) is 16.1. The van der Waals surface area contributed by atoms with Crippen molar-refractivity contribution in [2.24, 2.45) is 5.92 Å². The Bertz CT molecular complexity index is 1460. The number of nitriles is 1. The minimum Gasteiger partial charge on any atom is -0.491 e. The molecule has 14 nitrogen and oxygen atoms in total. The highest BCUT2D eigenvalue weighted by Crippen LogP contribution is 2.40. The lowest BCUT2D eigenvalue weighted by molar-refractivity contribution is -0.146. The van der Waals surface area contributed by atoms with Crippen LogP contribution >= 0.6 is 8.18 Å². The van der Waals surface area contributed by atoms with E-state index in [2.05, 4.69) is 15.2 Å². The average Bonchev–Trinajstić information content (AvgIpc) is 3.53. The van der Waals surface area contributed by atoms with Gasteiger partial charge in [0.2, 0.25) is 5.60 Å². The fourth-order valence-electron chi connectivity index (χ4n) is 4.58. The van der Waals surface area contributed by atoms with Crippen LogP contribution in [0.2, 0.25) is 0 Å². The SMILES string of the molecule is CCC(CC)COC(=O)[C@H](C)N[PH](=O)Oc1cccc(OC[C@H]2O[C@@](C#N)(c3ccc4c(N)ncnn34)[C@H](O)[C@@H]2O)c1. The Morgan fingerprint density at radius 1 is 1.29 bits per heavy atom. The molecule has 1 aromatic carbocycles. The van der Waals surface area contributed by atoms with Crippen molar-refractivity contribution in [3.8, 4) is 17.6 Å². The fourth-order valence-corrected chi connectivity index (χ4v) is 5.45. The number of hydrogen-bond donors (Lipinski definition) is 4. The zero-order valence-electron chi connectivity index (χ0n) is 23.5. The molecule has 2 aromatic heterocycles. The van der Waals surface area contributed by atoms with Gasteiger partial charge in [-0.15, -0.1) is 0 Å². The Morgan fingerprint density at radius 3 is 2.74 bits per heavy atom. The maximum absolute atomic E-state index is 12.5. The predicted octanol–water partition coefficient (Wildman–Crippen LogP) is 1.96. The molecule has 5 N–H and O–H groups in total. The topological polar surface area (TPSA) is 204 Å². The zero-order valence-corrected chi connectivity index (χ0v) is 24.5. The highest BCUT2D eigenvalue weighted by molar-refractivity contribution is 7.37. The molecule has 0 aliphatic carbocycles. The molecule has 6 atom stereocenters. The van der Waals surface area contributed by atoms with E-state index in [1.807, 2.05) is 19.9 Å². The number of carbonyl (C=O) groups excluding carboxylic acids is 1. The van der Waals surface area contributed by atoms with Crippen molar-refractivity contribution >= 4 is 25.5 Å². The standard InChI is InChI=1S/C27H35N6O8P/c1-4-17(5-2)12-39-26(36)16(3)32-42(37)41-19-8-6-7-18(11-19)38-13-21-23(34)24(35)27(14-28,40-21)22-10-9-20-25(29)30-15-31-33(20)22/h6-11,15-17,21,23-24,34-35,42H,4-5,12-13H2,1-3H3,(H,32,37)(H2,29,30,31)/t16-,21+,23+,24+,27-/m0/s1. The number of nitrogens with zero attached hydrogens (tertiary/aromatic N) is 4. The van der Waals surface area contributed by atoms with E-state index in [4.69, 9.17) is 24.5 Å². The molecule has 0 bridgehead atoms. The summed E-state index contributed by atoms with van der Waals surface area (Å²) in [6.45, 7) is 5.66. The summed E-state index contributed by atoms with van der Waals surface area (Å²) in [5, 5.41) is 38.4. The number of fused-ring (bicyclic) bond motifs is 1. The van der Waals surface area contributed by atoms with E-state index < -0.39 is 44.1 Å². The molecule has 0 saturated carbocycles. The van der Waals surface area contributed by atoms with E-state index in [-0.39, 0.29) is 35.5 Å². The summed E-state index contributed by atoms with van der Waals surface area (Å²) in [5.41, 5.74) is 4.51. The molecule has 1 fully saturated rings. The molecule has 0 amide bonds. The number of aliphatic hydroxyl groups is 2. The van der Waals surface area contributed by atoms with Crippen LogP contribution in [0, 0.1) is 17.2 Å². The molecular formula is C27H35N6O8P. The minimum atomic E-state index is -2.87. The third-order valence-electron chi connectivity index (χ3n) is 7.22. The van der Waals surface area contributed by atoms with Crippen LogP contribution in [0.25, 0.3) is 5.52 Å². The number of aliphatic hydroxyl groups excluding tert-OH is 2. The molecule has 3 heterocycles. The van der Waals surface area contributed by atoms with E-state index in [1.165, 1.54) is 23.0 Å². The lowest BCUT2D eigenvalue weighted by Crippen LogP contribution is -2.41. The van der Waals surface area contributed by atoms with Crippen LogP contribution in [0.1, 0.15) is 39.3 Å². The Balaban J connectivity index is 1.36. The fraction of sp³-hybridized carbons (Fsp3) is 0.481. The number of ether oxygens (including phenoxy) is 3. The van der Waals surface area contributed by atoms with Gasteiger partial charge in [0.25, 0.3) is 0 Å². The first-order valence-corrected chi connectivity index (χ1v) is 14.9. The molecule has 1 aliphatic rings. The van der Waals surface area contributed by atoms with Crippen molar-refractivity contribution in [1.82, 2.24) is 19.7 Å².